The standard InChI is InChI=1S/C22H26N4O/c1-2-24-22(27)19-13-14-23-15-20(19)25-16-26-21(17-9-5-3-6-10-17)18-11-7-4-8-12-18/h3-12,16,21,23H,2,13-15H2,1H3,(H,24,27)(H,25,26). The van der Waals surface area contributed by atoms with Gasteiger partial charge in [0.1, 0.15) is 6.04 Å². The van der Waals surface area contributed by atoms with Gasteiger partial charge in [-0.1, -0.05) is 60.7 Å². The van der Waals surface area contributed by atoms with Crippen LogP contribution in [0.5, 0.6) is 0 Å². The molecule has 0 aliphatic carbocycles. The Hall–Kier alpha value is -2.92. The summed E-state index contributed by atoms with van der Waals surface area (Å²) in [6, 6.07) is 20.3. The Bertz CT molecular complexity index is 760. The van der Waals surface area contributed by atoms with E-state index in [9.17, 15) is 4.79 Å². The fourth-order valence-corrected chi connectivity index (χ4v) is 3.17. The molecule has 1 heterocycles. The zero-order valence-electron chi connectivity index (χ0n) is 15.6. The quantitative estimate of drug-likeness (QED) is 0.524. The van der Waals surface area contributed by atoms with Crippen molar-refractivity contribution in [1.29, 1.82) is 0 Å². The lowest BCUT2D eigenvalue weighted by Crippen LogP contribution is -2.37. The summed E-state index contributed by atoms with van der Waals surface area (Å²) in [6.45, 7) is 4.00. The Balaban J connectivity index is 1.81. The summed E-state index contributed by atoms with van der Waals surface area (Å²) in [4.78, 5) is 17.0. The van der Waals surface area contributed by atoms with Crippen LogP contribution >= 0.6 is 0 Å². The van der Waals surface area contributed by atoms with Gasteiger partial charge < -0.3 is 16.0 Å². The summed E-state index contributed by atoms with van der Waals surface area (Å²) in [7, 11) is 0. The molecule has 0 atom stereocenters. The normalized spacial score (nSPS) is 14.6. The van der Waals surface area contributed by atoms with Crippen LogP contribution < -0.4 is 16.0 Å². The maximum Gasteiger partial charge on any atom is 0.249 e. The van der Waals surface area contributed by atoms with Crippen molar-refractivity contribution in [1.82, 2.24) is 16.0 Å². The minimum absolute atomic E-state index is 0.00225. The van der Waals surface area contributed by atoms with Crippen LogP contribution in [-0.2, 0) is 4.79 Å². The second-order valence-electron chi connectivity index (χ2n) is 6.39. The van der Waals surface area contributed by atoms with Gasteiger partial charge in [-0.2, -0.15) is 0 Å². The summed E-state index contributed by atoms with van der Waals surface area (Å²) in [6.07, 6.45) is 2.43. The van der Waals surface area contributed by atoms with Crippen LogP contribution in [0.4, 0.5) is 0 Å². The van der Waals surface area contributed by atoms with Gasteiger partial charge in [-0.25, -0.2) is 0 Å². The Morgan fingerprint density at radius 3 is 2.33 bits per heavy atom. The molecule has 2 aromatic rings. The summed E-state index contributed by atoms with van der Waals surface area (Å²) < 4.78 is 0. The number of nitrogens with one attached hydrogen (secondary N) is 3. The predicted molar refractivity (Wildman–Crippen MR) is 110 cm³/mol. The molecule has 5 nitrogen and oxygen atoms in total. The molecule has 27 heavy (non-hydrogen) atoms. The second-order valence-corrected chi connectivity index (χ2v) is 6.39. The Morgan fingerprint density at radius 1 is 1.11 bits per heavy atom. The van der Waals surface area contributed by atoms with Crippen LogP contribution in [0, 0.1) is 0 Å². The van der Waals surface area contributed by atoms with Gasteiger partial charge in [-0.15, -0.1) is 0 Å². The monoisotopic (exact) mass is 362 g/mol. The summed E-state index contributed by atoms with van der Waals surface area (Å²) in [5.74, 6) is -0.00225. The number of hydrogen-bond donors (Lipinski definition) is 3. The first kappa shape index (κ1) is 18.9. The first-order valence-corrected chi connectivity index (χ1v) is 9.38. The molecule has 0 spiro atoms. The van der Waals surface area contributed by atoms with Gasteiger partial charge in [0.15, 0.2) is 0 Å². The zero-order valence-corrected chi connectivity index (χ0v) is 15.6. The van der Waals surface area contributed by atoms with E-state index in [1.165, 1.54) is 0 Å². The van der Waals surface area contributed by atoms with Gasteiger partial charge in [-0.05, 0) is 31.0 Å². The van der Waals surface area contributed by atoms with Crippen LogP contribution in [0.3, 0.4) is 0 Å². The molecule has 5 heteroatoms. The first-order valence-electron chi connectivity index (χ1n) is 9.38. The molecule has 140 valence electrons. The van der Waals surface area contributed by atoms with Gasteiger partial charge in [0.2, 0.25) is 5.91 Å². The largest absolute Gasteiger partial charge is 0.353 e. The van der Waals surface area contributed by atoms with Gasteiger partial charge in [0.05, 0.1) is 6.34 Å². The molecule has 0 radical (unpaired) electrons. The van der Waals surface area contributed by atoms with Gasteiger partial charge in [0, 0.05) is 24.4 Å². The number of carbonyl (C=O) groups is 1. The SMILES string of the molecule is CCNC(=O)C1=C(NC=NC(c2ccccc2)c2ccccc2)CNCC1. The van der Waals surface area contributed by atoms with Crippen molar-refractivity contribution >= 4 is 12.2 Å². The average molecular weight is 362 g/mol. The van der Waals surface area contributed by atoms with Crippen molar-refractivity contribution in [3.63, 3.8) is 0 Å². The molecule has 0 unspecified atom stereocenters. The highest BCUT2D eigenvalue weighted by Gasteiger charge is 2.18. The number of amides is 1. The van der Waals surface area contributed by atoms with E-state index in [4.69, 9.17) is 4.99 Å². The fourth-order valence-electron chi connectivity index (χ4n) is 3.17. The van der Waals surface area contributed by atoms with Crippen molar-refractivity contribution < 1.29 is 4.79 Å². The highest BCUT2D eigenvalue weighted by molar-refractivity contribution is 5.94. The van der Waals surface area contributed by atoms with Crippen molar-refractivity contribution in [3.8, 4) is 0 Å². The van der Waals surface area contributed by atoms with Crippen LogP contribution in [0.1, 0.15) is 30.5 Å². The average Bonchev–Trinajstić information content (AvgIpc) is 2.73. The van der Waals surface area contributed by atoms with Crippen molar-refractivity contribution in [2.24, 2.45) is 4.99 Å². The molecular weight excluding hydrogens is 336 g/mol. The van der Waals surface area contributed by atoms with E-state index in [2.05, 4.69) is 40.2 Å². The van der Waals surface area contributed by atoms with Gasteiger partial charge in [-0.3, -0.25) is 9.79 Å². The smallest absolute Gasteiger partial charge is 0.249 e. The Labute approximate surface area is 160 Å². The van der Waals surface area contributed by atoms with E-state index in [-0.39, 0.29) is 11.9 Å². The summed E-state index contributed by atoms with van der Waals surface area (Å²) in [5, 5.41) is 9.43. The lowest BCUT2D eigenvalue weighted by Gasteiger charge is -2.21. The lowest BCUT2D eigenvalue weighted by molar-refractivity contribution is -0.117. The van der Waals surface area contributed by atoms with Crippen molar-refractivity contribution in [3.05, 3.63) is 83.1 Å². The lowest BCUT2D eigenvalue weighted by atomic mass is 9.99. The molecule has 3 rings (SSSR count). The van der Waals surface area contributed by atoms with E-state index in [1.54, 1.807) is 6.34 Å². The van der Waals surface area contributed by atoms with E-state index in [0.29, 0.717) is 19.5 Å². The molecule has 0 fully saturated rings. The third-order valence-electron chi connectivity index (χ3n) is 4.52. The number of hydrogen-bond acceptors (Lipinski definition) is 3. The maximum absolute atomic E-state index is 12.3. The molecule has 0 aromatic heterocycles. The van der Waals surface area contributed by atoms with Crippen LogP contribution in [-0.4, -0.2) is 31.9 Å². The third kappa shape index (κ3) is 5.05. The molecular formula is C22H26N4O. The minimum Gasteiger partial charge on any atom is -0.353 e. The van der Waals surface area contributed by atoms with Crippen LogP contribution in [0.15, 0.2) is 76.9 Å². The topological polar surface area (TPSA) is 65.5 Å². The van der Waals surface area contributed by atoms with Crippen molar-refractivity contribution in [2.75, 3.05) is 19.6 Å². The molecule has 1 amide bonds. The van der Waals surface area contributed by atoms with Crippen molar-refractivity contribution in [2.45, 2.75) is 19.4 Å². The molecule has 1 aliphatic rings. The van der Waals surface area contributed by atoms with E-state index in [1.807, 2.05) is 43.3 Å². The first-order chi connectivity index (χ1) is 13.3. The maximum atomic E-state index is 12.3. The molecule has 0 saturated carbocycles. The Kier molecular flexibility index (Phi) is 6.77. The molecule has 2 aromatic carbocycles. The predicted octanol–water partition coefficient (Wildman–Crippen LogP) is 2.78. The summed E-state index contributed by atoms with van der Waals surface area (Å²) in [5.41, 5.74) is 3.94. The number of aliphatic imine (C=N–C) groups is 1. The third-order valence-corrected chi connectivity index (χ3v) is 4.52. The van der Waals surface area contributed by atoms with E-state index >= 15 is 0 Å². The second kappa shape index (κ2) is 9.69. The summed E-state index contributed by atoms with van der Waals surface area (Å²) >= 11 is 0. The van der Waals surface area contributed by atoms with E-state index < -0.39 is 0 Å². The number of rotatable bonds is 7. The zero-order chi connectivity index (χ0) is 18.9. The van der Waals surface area contributed by atoms with Gasteiger partial charge in [0.25, 0.3) is 0 Å². The fraction of sp³-hybridized carbons (Fsp3) is 0.273. The van der Waals surface area contributed by atoms with Crippen LogP contribution in [0.25, 0.3) is 0 Å². The van der Waals surface area contributed by atoms with E-state index in [0.717, 1.165) is 28.9 Å². The minimum atomic E-state index is -0.0926. The Morgan fingerprint density at radius 2 is 1.74 bits per heavy atom. The number of benzene rings is 2. The van der Waals surface area contributed by atoms with Gasteiger partial charge >= 0.3 is 0 Å². The molecule has 0 bridgehead atoms. The number of likely N-dealkylation sites (N-methyl/N-ethyl adjacent to an activating group) is 1. The molecule has 3 N–H and O–H groups in total. The molecule has 1 aliphatic heterocycles. The highest BCUT2D eigenvalue weighted by Crippen LogP contribution is 2.25. The number of nitrogens with zero attached hydrogens (tertiary/aromatic N) is 1. The molecule has 0 saturated heterocycles. The highest BCUT2D eigenvalue weighted by atomic mass is 16.1. The number of carbonyl (C=O) groups excluding carboxylic acids is 1. The van der Waals surface area contributed by atoms with Crippen LogP contribution in [0.2, 0.25) is 0 Å².